The maximum Gasteiger partial charge on any atom is 0.193 e. The van der Waals surface area contributed by atoms with Crippen molar-refractivity contribution in [2.45, 2.75) is 44.9 Å². The molecule has 2 rings (SSSR count). The van der Waals surface area contributed by atoms with E-state index in [0.29, 0.717) is 5.92 Å². The van der Waals surface area contributed by atoms with Crippen LogP contribution in [0.1, 0.15) is 44.9 Å². The highest BCUT2D eigenvalue weighted by atomic mass is 16.5. The van der Waals surface area contributed by atoms with Crippen LogP contribution in [-0.2, 0) is 4.74 Å². The second-order valence-electron chi connectivity index (χ2n) is 6.99. The molecule has 1 unspecified atom stereocenters. The van der Waals surface area contributed by atoms with E-state index in [0.717, 1.165) is 32.2 Å². The second-order valence-corrected chi connectivity index (χ2v) is 6.99. The molecule has 2 aliphatic heterocycles. The molecule has 0 aliphatic carbocycles. The molecule has 0 saturated carbocycles. The fraction of sp³-hybridized carbons (Fsp3) is 0.944. The molecule has 134 valence electrons. The molecular weight excluding hydrogens is 288 g/mol. The topological polar surface area (TPSA) is 40.1 Å². The summed E-state index contributed by atoms with van der Waals surface area (Å²) in [5.41, 5.74) is 0. The van der Waals surface area contributed by atoms with Gasteiger partial charge in [0.2, 0.25) is 0 Å². The van der Waals surface area contributed by atoms with Crippen molar-refractivity contribution in [2.75, 3.05) is 60.0 Å². The molecule has 0 aromatic rings. The number of rotatable bonds is 8. The maximum atomic E-state index is 5.27. The standard InChI is InChI=1S/C18H36N4O/c1-19-18(22-14-9-17(15-22)16-23-2)20-10-5-3-6-11-21-12-7-4-8-13-21/h17H,3-16H2,1-2H3,(H,19,20). The quantitative estimate of drug-likeness (QED) is 0.422. The summed E-state index contributed by atoms with van der Waals surface area (Å²) in [6, 6.07) is 0. The first kappa shape index (κ1) is 18.5. The van der Waals surface area contributed by atoms with Crippen LogP contribution in [0.25, 0.3) is 0 Å². The van der Waals surface area contributed by atoms with E-state index in [9.17, 15) is 0 Å². The SMILES string of the molecule is CN=C(NCCCCCN1CCCCC1)N1CCC(COC)C1. The summed E-state index contributed by atoms with van der Waals surface area (Å²) in [6.07, 6.45) is 9.33. The molecule has 23 heavy (non-hydrogen) atoms. The van der Waals surface area contributed by atoms with Crippen molar-refractivity contribution < 1.29 is 4.74 Å². The van der Waals surface area contributed by atoms with E-state index in [1.807, 2.05) is 7.05 Å². The largest absolute Gasteiger partial charge is 0.384 e. The summed E-state index contributed by atoms with van der Waals surface area (Å²) in [4.78, 5) is 9.45. The minimum Gasteiger partial charge on any atom is -0.384 e. The molecule has 2 heterocycles. The van der Waals surface area contributed by atoms with Crippen LogP contribution in [0.2, 0.25) is 0 Å². The number of aliphatic imine (C=N–C) groups is 1. The zero-order chi connectivity index (χ0) is 16.3. The minimum absolute atomic E-state index is 0.656. The predicted molar refractivity (Wildman–Crippen MR) is 97.1 cm³/mol. The maximum absolute atomic E-state index is 5.27. The molecule has 2 saturated heterocycles. The molecule has 0 bridgehead atoms. The van der Waals surface area contributed by atoms with Gasteiger partial charge in [0, 0.05) is 39.7 Å². The summed E-state index contributed by atoms with van der Waals surface area (Å²) < 4.78 is 5.27. The van der Waals surface area contributed by atoms with Gasteiger partial charge in [-0.3, -0.25) is 4.99 Å². The number of nitrogens with zero attached hydrogens (tertiary/aromatic N) is 3. The number of methoxy groups -OCH3 is 1. The van der Waals surface area contributed by atoms with Crippen LogP contribution in [-0.4, -0.2) is 75.8 Å². The van der Waals surface area contributed by atoms with Gasteiger partial charge in [-0.15, -0.1) is 0 Å². The van der Waals surface area contributed by atoms with E-state index in [-0.39, 0.29) is 0 Å². The average molecular weight is 325 g/mol. The number of piperidine rings is 1. The second kappa shape index (κ2) is 10.9. The van der Waals surface area contributed by atoms with Crippen molar-refractivity contribution in [3.05, 3.63) is 0 Å². The molecular formula is C18H36N4O. The molecule has 0 radical (unpaired) electrons. The third-order valence-electron chi connectivity index (χ3n) is 5.08. The predicted octanol–water partition coefficient (Wildman–Crippen LogP) is 2.19. The summed E-state index contributed by atoms with van der Waals surface area (Å²) in [5.74, 6) is 1.72. The Balaban J connectivity index is 1.52. The average Bonchev–Trinajstić information content (AvgIpc) is 3.04. The number of hydrogen-bond donors (Lipinski definition) is 1. The van der Waals surface area contributed by atoms with E-state index in [2.05, 4.69) is 20.1 Å². The molecule has 2 fully saturated rings. The first-order valence-corrected chi connectivity index (χ1v) is 9.50. The van der Waals surface area contributed by atoms with Gasteiger partial charge in [0.05, 0.1) is 6.61 Å². The van der Waals surface area contributed by atoms with Gasteiger partial charge in [0.25, 0.3) is 0 Å². The Morgan fingerprint density at radius 3 is 2.70 bits per heavy atom. The third-order valence-corrected chi connectivity index (χ3v) is 5.08. The molecule has 0 amide bonds. The zero-order valence-corrected chi connectivity index (χ0v) is 15.2. The monoisotopic (exact) mass is 324 g/mol. The van der Waals surface area contributed by atoms with Crippen LogP contribution in [0.15, 0.2) is 4.99 Å². The number of ether oxygens (including phenoxy) is 1. The lowest BCUT2D eigenvalue weighted by atomic mass is 10.1. The van der Waals surface area contributed by atoms with Crippen LogP contribution in [0.4, 0.5) is 0 Å². The van der Waals surface area contributed by atoms with Crippen molar-refractivity contribution in [2.24, 2.45) is 10.9 Å². The van der Waals surface area contributed by atoms with Gasteiger partial charge in [0.1, 0.15) is 0 Å². The Bertz CT molecular complexity index is 342. The Morgan fingerprint density at radius 1 is 1.13 bits per heavy atom. The number of likely N-dealkylation sites (tertiary alicyclic amines) is 2. The van der Waals surface area contributed by atoms with Gasteiger partial charge in [0.15, 0.2) is 5.96 Å². The van der Waals surface area contributed by atoms with Gasteiger partial charge in [-0.1, -0.05) is 12.8 Å². The van der Waals surface area contributed by atoms with E-state index in [4.69, 9.17) is 4.74 Å². The van der Waals surface area contributed by atoms with Crippen molar-refractivity contribution in [1.29, 1.82) is 0 Å². The minimum atomic E-state index is 0.656. The van der Waals surface area contributed by atoms with Crippen molar-refractivity contribution in [3.8, 4) is 0 Å². The number of guanidine groups is 1. The molecule has 0 aromatic carbocycles. The van der Waals surface area contributed by atoms with Crippen LogP contribution < -0.4 is 5.32 Å². The van der Waals surface area contributed by atoms with Gasteiger partial charge in [-0.05, 0) is 51.7 Å². The van der Waals surface area contributed by atoms with Gasteiger partial charge in [-0.2, -0.15) is 0 Å². The Kier molecular flexibility index (Phi) is 8.76. The Labute approximate surface area is 142 Å². The van der Waals surface area contributed by atoms with Gasteiger partial charge in [-0.25, -0.2) is 0 Å². The fourth-order valence-electron chi connectivity index (χ4n) is 3.75. The highest BCUT2D eigenvalue weighted by Crippen LogP contribution is 2.16. The van der Waals surface area contributed by atoms with Gasteiger partial charge < -0.3 is 19.9 Å². The fourth-order valence-corrected chi connectivity index (χ4v) is 3.75. The summed E-state index contributed by atoms with van der Waals surface area (Å²) in [7, 11) is 3.68. The summed E-state index contributed by atoms with van der Waals surface area (Å²) in [5, 5.41) is 3.53. The van der Waals surface area contributed by atoms with Crippen LogP contribution >= 0.6 is 0 Å². The number of hydrogen-bond acceptors (Lipinski definition) is 3. The van der Waals surface area contributed by atoms with E-state index in [1.54, 1.807) is 7.11 Å². The first-order valence-electron chi connectivity index (χ1n) is 9.50. The van der Waals surface area contributed by atoms with Crippen LogP contribution in [0, 0.1) is 5.92 Å². The van der Waals surface area contributed by atoms with Gasteiger partial charge >= 0.3 is 0 Å². The molecule has 1 atom stereocenters. The molecule has 1 N–H and O–H groups in total. The van der Waals surface area contributed by atoms with E-state index < -0.39 is 0 Å². The number of unbranched alkanes of at least 4 members (excludes halogenated alkanes) is 2. The lowest BCUT2D eigenvalue weighted by Crippen LogP contribution is -2.40. The highest BCUT2D eigenvalue weighted by Gasteiger charge is 2.24. The molecule has 5 heteroatoms. The molecule has 0 spiro atoms. The van der Waals surface area contributed by atoms with Crippen molar-refractivity contribution >= 4 is 5.96 Å². The molecule has 2 aliphatic rings. The third kappa shape index (κ3) is 6.68. The lowest BCUT2D eigenvalue weighted by Gasteiger charge is -2.26. The lowest BCUT2D eigenvalue weighted by molar-refractivity contribution is 0.157. The summed E-state index contributed by atoms with van der Waals surface area (Å²) >= 11 is 0. The normalized spacial score (nSPS) is 23.5. The summed E-state index contributed by atoms with van der Waals surface area (Å²) in [6.45, 7) is 8.01. The van der Waals surface area contributed by atoms with Crippen molar-refractivity contribution in [1.82, 2.24) is 15.1 Å². The number of nitrogens with one attached hydrogen (secondary N) is 1. The highest BCUT2D eigenvalue weighted by molar-refractivity contribution is 5.80. The van der Waals surface area contributed by atoms with Crippen molar-refractivity contribution in [3.63, 3.8) is 0 Å². The van der Waals surface area contributed by atoms with E-state index >= 15 is 0 Å². The smallest absolute Gasteiger partial charge is 0.193 e. The Hall–Kier alpha value is -0.810. The van der Waals surface area contributed by atoms with Crippen LogP contribution in [0.3, 0.4) is 0 Å². The molecule has 5 nitrogen and oxygen atoms in total. The first-order chi connectivity index (χ1) is 11.3. The molecule has 0 aromatic heterocycles. The van der Waals surface area contributed by atoms with Crippen LogP contribution in [0.5, 0.6) is 0 Å². The zero-order valence-electron chi connectivity index (χ0n) is 15.2. The van der Waals surface area contributed by atoms with E-state index in [1.165, 1.54) is 64.6 Å². The Morgan fingerprint density at radius 2 is 1.96 bits per heavy atom.